The topological polar surface area (TPSA) is 38.3 Å². The molecule has 0 heterocycles. The van der Waals surface area contributed by atoms with Gasteiger partial charge in [0.1, 0.15) is 6.67 Å². The van der Waals surface area contributed by atoms with Gasteiger partial charge in [0, 0.05) is 12.1 Å². The number of carbonyl (C=O) groups is 1. The smallest absolute Gasteiger partial charge is 0.305 e. The third-order valence-corrected chi connectivity index (χ3v) is 2.33. The van der Waals surface area contributed by atoms with Gasteiger partial charge >= 0.3 is 5.97 Å². The number of ether oxygens (including phenoxy) is 1. The van der Waals surface area contributed by atoms with Crippen LogP contribution in [0.2, 0.25) is 0 Å². The molecule has 17 heavy (non-hydrogen) atoms. The van der Waals surface area contributed by atoms with Gasteiger partial charge in [0.25, 0.3) is 0 Å². The molecule has 0 spiro atoms. The Balaban J connectivity index is 2.36. The third kappa shape index (κ3) is 5.33. The average Bonchev–Trinajstić information content (AvgIpc) is 2.36. The Morgan fingerprint density at radius 3 is 2.71 bits per heavy atom. The van der Waals surface area contributed by atoms with E-state index in [-0.39, 0.29) is 18.4 Å². The minimum absolute atomic E-state index is 0.238. The second-order valence-electron chi connectivity index (χ2n) is 3.71. The largest absolute Gasteiger partial charge is 0.466 e. The number of hydrogen-bond donors (Lipinski definition) is 1. The lowest BCUT2D eigenvalue weighted by Gasteiger charge is -2.16. The Morgan fingerprint density at radius 1 is 1.41 bits per heavy atom. The van der Waals surface area contributed by atoms with Gasteiger partial charge in [0.2, 0.25) is 0 Å². The molecule has 0 fully saturated rings. The van der Waals surface area contributed by atoms with E-state index >= 15 is 0 Å². The summed E-state index contributed by atoms with van der Waals surface area (Å²) in [4.78, 5) is 11.1. The summed E-state index contributed by atoms with van der Waals surface area (Å²) in [5.74, 6) is -0.277. The van der Waals surface area contributed by atoms with Crippen LogP contribution in [0.4, 0.5) is 10.1 Å². The Hall–Kier alpha value is -1.58. The van der Waals surface area contributed by atoms with Gasteiger partial charge in [-0.15, -0.1) is 0 Å². The van der Waals surface area contributed by atoms with Gasteiger partial charge in [-0.05, 0) is 25.5 Å². The van der Waals surface area contributed by atoms with Crippen molar-refractivity contribution in [2.75, 3.05) is 18.6 Å². The standard InChI is InChI=1S/C13H18FNO2/c1-2-17-13(16)9-8-12(10-14)15-11-6-4-3-5-7-11/h3-7,12,15H,2,8-10H2,1H3. The van der Waals surface area contributed by atoms with E-state index in [1.54, 1.807) is 6.92 Å². The van der Waals surface area contributed by atoms with Crippen molar-refractivity contribution >= 4 is 11.7 Å². The molecule has 0 radical (unpaired) electrons. The molecule has 3 nitrogen and oxygen atoms in total. The first-order chi connectivity index (χ1) is 8.26. The van der Waals surface area contributed by atoms with Crippen LogP contribution >= 0.6 is 0 Å². The summed E-state index contributed by atoms with van der Waals surface area (Å²) in [6.45, 7) is 1.62. The van der Waals surface area contributed by atoms with E-state index in [9.17, 15) is 9.18 Å². The normalized spacial score (nSPS) is 11.9. The Labute approximate surface area is 101 Å². The Morgan fingerprint density at radius 2 is 2.12 bits per heavy atom. The highest BCUT2D eigenvalue weighted by Crippen LogP contribution is 2.11. The molecule has 0 aliphatic heterocycles. The van der Waals surface area contributed by atoms with Crippen molar-refractivity contribution in [3.63, 3.8) is 0 Å². The van der Waals surface area contributed by atoms with E-state index in [1.165, 1.54) is 0 Å². The van der Waals surface area contributed by atoms with Gasteiger partial charge in [0.05, 0.1) is 12.6 Å². The molecule has 0 bridgehead atoms. The van der Waals surface area contributed by atoms with Crippen LogP contribution in [0.3, 0.4) is 0 Å². The maximum atomic E-state index is 12.8. The van der Waals surface area contributed by atoms with E-state index in [0.717, 1.165) is 5.69 Å². The molecule has 1 aromatic carbocycles. The third-order valence-electron chi connectivity index (χ3n) is 2.33. The number of alkyl halides is 1. The molecule has 0 amide bonds. The van der Waals surface area contributed by atoms with Crippen LogP contribution in [-0.4, -0.2) is 25.3 Å². The molecule has 1 aromatic rings. The van der Waals surface area contributed by atoms with Gasteiger partial charge in [-0.1, -0.05) is 18.2 Å². The molecular weight excluding hydrogens is 221 g/mol. The van der Waals surface area contributed by atoms with Crippen molar-refractivity contribution < 1.29 is 13.9 Å². The predicted octanol–water partition coefficient (Wildman–Crippen LogP) is 2.78. The SMILES string of the molecule is CCOC(=O)CCC(CF)Nc1ccccc1. The number of rotatable bonds is 7. The minimum atomic E-state index is -0.506. The summed E-state index contributed by atoms with van der Waals surface area (Å²) < 4.78 is 17.6. The van der Waals surface area contributed by atoms with Gasteiger partial charge in [-0.2, -0.15) is 0 Å². The lowest BCUT2D eigenvalue weighted by Crippen LogP contribution is -2.23. The highest BCUT2D eigenvalue weighted by molar-refractivity contribution is 5.69. The Bertz CT molecular complexity index is 329. The van der Waals surface area contributed by atoms with E-state index in [1.807, 2.05) is 30.3 Å². The van der Waals surface area contributed by atoms with Crippen LogP contribution < -0.4 is 5.32 Å². The summed E-state index contributed by atoms with van der Waals surface area (Å²) >= 11 is 0. The van der Waals surface area contributed by atoms with Crippen molar-refractivity contribution in [1.82, 2.24) is 0 Å². The van der Waals surface area contributed by atoms with Crippen molar-refractivity contribution in [1.29, 1.82) is 0 Å². The van der Waals surface area contributed by atoms with Gasteiger partial charge in [-0.25, -0.2) is 4.39 Å². The van der Waals surface area contributed by atoms with Gasteiger partial charge < -0.3 is 10.1 Å². The van der Waals surface area contributed by atoms with E-state index in [4.69, 9.17) is 4.74 Å². The first-order valence-electron chi connectivity index (χ1n) is 5.79. The number of halogens is 1. The van der Waals surface area contributed by atoms with Crippen LogP contribution in [0.1, 0.15) is 19.8 Å². The van der Waals surface area contributed by atoms with Crippen LogP contribution in [0.15, 0.2) is 30.3 Å². The summed E-state index contributed by atoms with van der Waals surface area (Å²) in [6.07, 6.45) is 0.673. The molecule has 4 heteroatoms. The number of hydrogen-bond acceptors (Lipinski definition) is 3. The molecular formula is C13H18FNO2. The van der Waals surface area contributed by atoms with Crippen LogP contribution in [0.25, 0.3) is 0 Å². The van der Waals surface area contributed by atoms with Crippen molar-refractivity contribution in [2.45, 2.75) is 25.8 Å². The lowest BCUT2D eigenvalue weighted by atomic mass is 10.1. The zero-order valence-corrected chi connectivity index (χ0v) is 9.99. The zero-order chi connectivity index (χ0) is 12.5. The maximum absolute atomic E-state index is 12.8. The molecule has 1 N–H and O–H groups in total. The van der Waals surface area contributed by atoms with Gasteiger partial charge in [-0.3, -0.25) is 4.79 Å². The van der Waals surface area contributed by atoms with Crippen molar-refractivity contribution in [3.8, 4) is 0 Å². The van der Waals surface area contributed by atoms with E-state index in [2.05, 4.69) is 5.32 Å². The van der Waals surface area contributed by atoms with E-state index in [0.29, 0.717) is 13.0 Å². The van der Waals surface area contributed by atoms with Crippen LogP contribution in [0.5, 0.6) is 0 Å². The van der Waals surface area contributed by atoms with Gasteiger partial charge in [0.15, 0.2) is 0 Å². The molecule has 1 atom stereocenters. The second kappa shape index (κ2) is 7.65. The monoisotopic (exact) mass is 239 g/mol. The zero-order valence-electron chi connectivity index (χ0n) is 9.99. The van der Waals surface area contributed by atoms with Crippen molar-refractivity contribution in [2.24, 2.45) is 0 Å². The Kier molecular flexibility index (Phi) is 6.07. The fraction of sp³-hybridized carbons (Fsp3) is 0.462. The highest BCUT2D eigenvalue weighted by Gasteiger charge is 2.11. The molecule has 1 unspecified atom stereocenters. The molecule has 1 rings (SSSR count). The first kappa shape index (κ1) is 13.5. The van der Waals surface area contributed by atoms with Crippen molar-refractivity contribution in [3.05, 3.63) is 30.3 Å². The molecule has 0 aliphatic carbocycles. The summed E-state index contributed by atoms with van der Waals surface area (Å²) in [6, 6.07) is 9.04. The molecule has 94 valence electrons. The molecule has 0 aromatic heterocycles. The number of nitrogens with one attached hydrogen (secondary N) is 1. The molecule has 0 aliphatic rings. The van der Waals surface area contributed by atoms with Crippen LogP contribution in [-0.2, 0) is 9.53 Å². The number of benzene rings is 1. The predicted molar refractivity (Wildman–Crippen MR) is 65.7 cm³/mol. The maximum Gasteiger partial charge on any atom is 0.305 e. The quantitative estimate of drug-likeness (QED) is 0.743. The summed E-state index contributed by atoms with van der Waals surface area (Å²) in [5.41, 5.74) is 0.860. The van der Waals surface area contributed by atoms with E-state index < -0.39 is 6.67 Å². The minimum Gasteiger partial charge on any atom is -0.466 e. The summed E-state index contributed by atoms with van der Waals surface area (Å²) in [5, 5.41) is 3.04. The fourth-order valence-corrected chi connectivity index (χ4v) is 1.48. The fourth-order valence-electron chi connectivity index (χ4n) is 1.48. The first-order valence-corrected chi connectivity index (χ1v) is 5.79. The molecule has 0 saturated heterocycles. The number of esters is 1. The number of para-hydroxylation sites is 1. The number of carbonyl (C=O) groups excluding carboxylic acids is 1. The number of anilines is 1. The molecule has 0 saturated carbocycles. The highest BCUT2D eigenvalue weighted by atomic mass is 19.1. The average molecular weight is 239 g/mol. The van der Waals surface area contributed by atoms with Crippen LogP contribution in [0, 0.1) is 0 Å². The summed E-state index contributed by atoms with van der Waals surface area (Å²) in [7, 11) is 0. The lowest BCUT2D eigenvalue weighted by molar-refractivity contribution is -0.143. The second-order valence-corrected chi connectivity index (χ2v) is 3.71.